The molecule has 1 aromatic heterocycles. The van der Waals surface area contributed by atoms with Crippen molar-refractivity contribution in [3.8, 4) is 0 Å². The molecule has 0 spiro atoms. The normalized spacial score (nSPS) is 17.5. The molecule has 1 aliphatic heterocycles. The van der Waals surface area contributed by atoms with E-state index in [2.05, 4.69) is 26.1 Å². The molecule has 106 valence electrons. The van der Waals surface area contributed by atoms with Gasteiger partial charge in [-0.2, -0.15) is 4.98 Å². The maximum Gasteiger partial charge on any atom is 0.299 e. The van der Waals surface area contributed by atoms with Gasteiger partial charge in [0.1, 0.15) is 0 Å². The summed E-state index contributed by atoms with van der Waals surface area (Å²) < 4.78 is 5.88. The number of carbonyl (C=O) groups is 2. The van der Waals surface area contributed by atoms with Gasteiger partial charge in [-0.25, -0.2) is 0 Å². The first-order valence-corrected chi connectivity index (χ1v) is 7.41. The van der Waals surface area contributed by atoms with Gasteiger partial charge in [0.05, 0.1) is 17.8 Å². The quantitative estimate of drug-likeness (QED) is 0.797. The number of anilines is 1. The number of ketones is 1. The summed E-state index contributed by atoms with van der Waals surface area (Å²) in [4.78, 5) is 29.8. The number of nitrogens with zero attached hydrogens (tertiary/aromatic N) is 3. The molecule has 2 aromatic rings. The Labute approximate surface area is 128 Å². The van der Waals surface area contributed by atoms with Crippen molar-refractivity contribution in [3.63, 3.8) is 0 Å². The highest BCUT2D eigenvalue weighted by atomic mass is 79.9. The van der Waals surface area contributed by atoms with Crippen LogP contribution in [-0.4, -0.2) is 21.8 Å². The second kappa shape index (κ2) is 4.49. The lowest BCUT2D eigenvalue weighted by Gasteiger charge is -2.15. The lowest BCUT2D eigenvalue weighted by molar-refractivity contribution is -0.114. The van der Waals surface area contributed by atoms with E-state index in [9.17, 15) is 9.59 Å². The van der Waals surface area contributed by atoms with E-state index in [1.807, 2.05) is 0 Å². The fourth-order valence-electron chi connectivity index (χ4n) is 2.43. The number of halogens is 1. The highest BCUT2D eigenvalue weighted by Gasteiger charge is 2.38. The number of para-hydroxylation sites is 1. The van der Waals surface area contributed by atoms with Crippen LogP contribution in [0.25, 0.3) is 0 Å². The molecule has 21 heavy (non-hydrogen) atoms. The van der Waals surface area contributed by atoms with Gasteiger partial charge in [-0.3, -0.25) is 14.5 Å². The monoisotopic (exact) mass is 347 g/mol. The minimum atomic E-state index is -0.560. The Bertz CT molecular complexity index is 767. The van der Waals surface area contributed by atoms with Crippen LogP contribution in [0.15, 0.2) is 27.2 Å². The SMILES string of the molecule is O=C1C(=O)N(Cc2noc(C3CC3)n2)c2c(Br)cccc21. The minimum absolute atomic E-state index is 0.135. The molecule has 0 radical (unpaired) electrons. The van der Waals surface area contributed by atoms with E-state index in [4.69, 9.17) is 4.52 Å². The summed E-state index contributed by atoms with van der Waals surface area (Å²) in [6.45, 7) is 0.135. The van der Waals surface area contributed by atoms with E-state index < -0.39 is 11.7 Å². The molecule has 7 heteroatoms. The third-order valence-electron chi connectivity index (χ3n) is 3.65. The van der Waals surface area contributed by atoms with Crippen LogP contribution < -0.4 is 4.90 Å². The molecule has 0 bridgehead atoms. The molecule has 0 atom stereocenters. The van der Waals surface area contributed by atoms with E-state index in [1.54, 1.807) is 18.2 Å². The predicted octanol–water partition coefficient (Wildman–Crippen LogP) is 2.44. The van der Waals surface area contributed by atoms with E-state index >= 15 is 0 Å². The molecule has 6 nitrogen and oxygen atoms in total. The van der Waals surface area contributed by atoms with Crippen molar-refractivity contribution >= 4 is 33.3 Å². The molecule has 2 heterocycles. The van der Waals surface area contributed by atoms with Crippen molar-refractivity contribution in [2.45, 2.75) is 25.3 Å². The molecule has 0 N–H and O–H groups in total. The topological polar surface area (TPSA) is 76.3 Å². The van der Waals surface area contributed by atoms with Crippen LogP contribution in [0.3, 0.4) is 0 Å². The summed E-state index contributed by atoms with van der Waals surface area (Å²) in [5, 5.41) is 3.90. The number of amides is 1. The molecule has 1 saturated carbocycles. The zero-order valence-electron chi connectivity index (χ0n) is 10.9. The average molecular weight is 348 g/mol. The lowest BCUT2D eigenvalue weighted by Crippen LogP contribution is -2.29. The van der Waals surface area contributed by atoms with Crippen molar-refractivity contribution in [1.29, 1.82) is 0 Å². The maximum absolute atomic E-state index is 12.1. The predicted molar refractivity (Wildman–Crippen MR) is 75.9 cm³/mol. The van der Waals surface area contributed by atoms with Crippen LogP contribution in [0.4, 0.5) is 5.69 Å². The third-order valence-corrected chi connectivity index (χ3v) is 4.29. The summed E-state index contributed by atoms with van der Waals surface area (Å²) in [6, 6.07) is 5.17. The van der Waals surface area contributed by atoms with E-state index in [0.717, 1.165) is 12.8 Å². The first-order valence-electron chi connectivity index (χ1n) is 6.62. The largest absolute Gasteiger partial charge is 0.339 e. The summed E-state index contributed by atoms with van der Waals surface area (Å²) >= 11 is 3.38. The van der Waals surface area contributed by atoms with Crippen LogP contribution in [0.1, 0.15) is 40.8 Å². The van der Waals surface area contributed by atoms with E-state index in [1.165, 1.54) is 4.90 Å². The number of fused-ring (bicyclic) bond motifs is 1. The Morgan fingerprint density at radius 1 is 1.33 bits per heavy atom. The number of aromatic nitrogens is 2. The highest BCUT2D eigenvalue weighted by Crippen LogP contribution is 2.39. The summed E-state index contributed by atoms with van der Waals surface area (Å²) in [5.74, 6) is 0.338. The molecule has 1 aliphatic carbocycles. The first-order chi connectivity index (χ1) is 10.1. The fraction of sp³-hybridized carbons (Fsp3) is 0.286. The van der Waals surface area contributed by atoms with Crippen molar-refractivity contribution in [2.24, 2.45) is 0 Å². The number of Topliss-reactive ketones (excluding diaryl/α,β-unsaturated/α-hetero) is 1. The van der Waals surface area contributed by atoms with Gasteiger partial charge in [0.15, 0.2) is 5.82 Å². The van der Waals surface area contributed by atoms with Gasteiger partial charge in [-0.05, 0) is 40.9 Å². The molecular formula is C14H10BrN3O3. The zero-order valence-corrected chi connectivity index (χ0v) is 12.5. The second-order valence-electron chi connectivity index (χ2n) is 5.18. The van der Waals surface area contributed by atoms with Gasteiger partial charge in [0.25, 0.3) is 11.7 Å². The maximum atomic E-state index is 12.1. The van der Waals surface area contributed by atoms with Crippen molar-refractivity contribution < 1.29 is 14.1 Å². The van der Waals surface area contributed by atoms with Crippen molar-refractivity contribution in [3.05, 3.63) is 40.0 Å². The number of hydrogen-bond acceptors (Lipinski definition) is 5. The number of carbonyl (C=O) groups excluding carboxylic acids is 2. The first kappa shape index (κ1) is 12.7. The molecule has 0 saturated heterocycles. The second-order valence-corrected chi connectivity index (χ2v) is 6.03. The number of hydrogen-bond donors (Lipinski definition) is 0. The summed E-state index contributed by atoms with van der Waals surface area (Å²) in [5.41, 5.74) is 0.977. The number of benzene rings is 1. The molecule has 0 unspecified atom stereocenters. The smallest absolute Gasteiger partial charge is 0.299 e. The molecule has 4 rings (SSSR count). The molecule has 1 amide bonds. The van der Waals surface area contributed by atoms with Crippen LogP contribution in [-0.2, 0) is 11.3 Å². The third kappa shape index (κ3) is 1.99. The number of rotatable bonds is 3. The molecule has 2 aliphatic rings. The Morgan fingerprint density at radius 2 is 2.14 bits per heavy atom. The zero-order chi connectivity index (χ0) is 14.6. The van der Waals surface area contributed by atoms with Gasteiger partial charge in [-0.15, -0.1) is 0 Å². The minimum Gasteiger partial charge on any atom is -0.339 e. The van der Waals surface area contributed by atoms with Gasteiger partial charge < -0.3 is 4.52 Å². The Hall–Kier alpha value is -2.02. The Morgan fingerprint density at radius 3 is 2.90 bits per heavy atom. The van der Waals surface area contributed by atoms with Crippen molar-refractivity contribution in [1.82, 2.24) is 10.1 Å². The average Bonchev–Trinajstić information content (AvgIpc) is 3.18. The van der Waals surface area contributed by atoms with Gasteiger partial charge in [-0.1, -0.05) is 11.2 Å². The standard InChI is InChI=1S/C14H10BrN3O3/c15-9-3-1-2-8-11(9)18(14(20)12(8)19)6-10-16-13(21-17-10)7-4-5-7/h1-3,7H,4-6H2. The van der Waals surface area contributed by atoms with E-state index in [0.29, 0.717) is 33.4 Å². The van der Waals surface area contributed by atoms with Crippen LogP contribution >= 0.6 is 15.9 Å². The lowest BCUT2D eigenvalue weighted by atomic mass is 10.1. The van der Waals surface area contributed by atoms with Crippen LogP contribution in [0, 0.1) is 0 Å². The fourth-order valence-corrected chi connectivity index (χ4v) is 3.01. The summed E-state index contributed by atoms with van der Waals surface area (Å²) in [6.07, 6.45) is 2.13. The Balaban J connectivity index is 1.68. The van der Waals surface area contributed by atoms with Gasteiger partial charge in [0, 0.05) is 10.4 Å². The molecule has 1 fully saturated rings. The molecular weight excluding hydrogens is 338 g/mol. The van der Waals surface area contributed by atoms with Gasteiger partial charge >= 0.3 is 0 Å². The Kier molecular flexibility index (Phi) is 2.72. The van der Waals surface area contributed by atoms with Crippen LogP contribution in [0.2, 0.25) is 0 Å². The molecule has 1 aromatic carbocycles. The van der Waals surface area contributed by atoms with Crippen LogP contribution in [0.5, 0.6) is 0 Å². The summed E-state index contributed by atoms with van der Waals surface area (Å²) in [7, 11) is 0. The van der Waals surface area contributed by atoms with Crippen molar-refractivity contribution in [2.75, 3.05) is 4.90 Å². The highest BCUT2D eigenvalue weighted by molar-refractivity contribution is 9.10. The van der Waals surface area contributed by atoms with Gasteiger partial charge in [0.2, 0.25) is 5.89 Å². The van der Waals surface area contributed by atoms with E-state index in [-0.39, 0.29) is 6.54 Å².